The Morgan fingerprint density at radius 3 is 2.75 bits per heavy atom. The number of nitrogens with zero attached hydrogens (tertiary/aromatic N) is 2. The summed E-state index contributed by atoms with van der Waals surface area (Å²) in [6, 6.07) is 5.91. The Labute approximate surface area is 129 Å². The monoisotopic (exact) mass is 311 g/mol. The third-order valence-electron chi connectivity index (χ3n) is 3.27. The van der Waals surface area contributed by atoms with E-state index in [4.69, 9.17) is 23.2 Å². The van der Waals surface area contributed by atoms with Crippen molar-refractivity contribution in [2.75, 3.05) is 6.54 Å². The molecule has 0 aliphatic rings. The van der Waals surface area contributed by atoms with Crippen molar-refractivity contribution < 1.29 is 0 Å². The number of hydrogen-bond donors (Lipinski definition) is 1. The third kappa shape index (κ3) is 3.98. The van der Waals surface area contributed by atoms with Gasteiger partial charge in [0.25, 0.3) is 0 Å². The minimum atomic E-state index is 0.227. The topological polar surface area (TPSA) is 29.9 Å². The largest absolute Gasteiger partial charge is 0.310 e. The molecule has 1 unspecified atom stereocenters. The third-order valence-corrected chi connectivity index (χ3v) is 3.83. The Hall–Kier alpha value is -1.03. The first kappa shape index (κ1) is 15.4. The first-order chi connectivity index (χ1) is 9.60. The molecule has 0 bridgehead atoms. The average molecular weight is 312 g/mol. The number of aryl methyl sites for hydroxylation is 2. The summed E-state index contributed by atoms with van der Waals surface area (Å²) in [7, 11) is 1.93. The average Bonchev–Trinajstić information content (AvgIpc) is 2.81. The Balaban J connectivity index is 2.09. The molecule has 2 rings (SSSR count). The fourth-order valence-electron chi connectivity index (χ4n) is 2.31. The van der Waals surface area contributed by atoms with Gasteiger partial charge in [-0.15, -0.1) is 0 Å². The Morgan fingerprint density at radius 1 is 1.35 bits per heavy atom. The van der Waals surface area contributed by atoms with Gasteiger partial charge >= 0.3 is 0 Å². The maximum absolute atomic E-state index is 6.30. The van der Waals surface area contributed by atoms with Crippen molar-refractivity contribution in [3.05, 3.63) is 51.8 Å². The number of hydrogen-bond acceptors (Lipinski definition) is 2. The molecule has 0 radical (unpaired) electrons. The molecule has 1 aromatic carbocycles. The summed E-state index contributed by atoms with van der Waals surface area (Å²) in [5, 5.41) is 9.06. The van der Waals surface area contributed by atoms with Gasteiger partial charge in [-0.05, 0) is 42.6 Å². The second-order valence-electron chi connectivity index (χ2n) is 4.84. The van der Waals surface area contributed by atoms with Gasteiger partial charge in [0.1, 0.15) is 0 Å². The van der Waals surface area contributed by atoms with E-state index < -0.39 is 0 Å². The van der Waals surface area contributed by atoms with Gasteiger partial charge in [-0.1, -0.05) is 36.2 Å². The number of halogens is 2. The highest BCUT2D eigenvalue weighted by Crippen LogP contribution is 2.28. The Kier molecular flexibility index (Phi) is 5.46. The summed E-state index contributed by atoms with van der Waals surface area (Å²) < 4.78 is 1.83. The van der Waals surface area contributed by atoms with E-state index in [-0.39, 0.29) is 6.04 Å². The van der Waals surface area contributed by atoms with E-state index in [1.807, 2.05) is 36.3 Å². The number of rotatable bonds is 6. The molecule has 0 aliphatic carbocycles. The lowest BCUT2D eigenvalue weighted by Crippen LogP contribution is -2.21. The van der Waals surface area contributed by atoms with Crippen LogP contribution in [0, 0.1) is 0 Å². The summed E-state index contributed by atoms with van der Waals surface area (Å²) >= 11 is 12.3. The van der Waals surface area contributed by atoms with E-state index in [2.05, 4.69) is 17.3 Å². The number of aromatic nitrogens is 2. The highest BCUT2D eigenvalue weighted by atomic mass is 35.5. The summed E-state index contributed by atoms with van der Waals surface area (Å²) in [5.74, 6) is 0. The second-order valence-corrected chi connectivity index (χ2v) is 5.68. The molecule has 1 heterocycles. The van der Waals surface area contributed by atoms with Crippen LogP contribution in [0.1, 0.15) is 30.5 Å². The first-order valence-electron chi connectivity index (χ1n) is 6.76. The molecule has 0 saturated carbocycles. The first-order valence-corrected chi connectivity index (χ1v) is 7.51. The van der Waals surface area contributed by atoms with Crippen molar-refractivity contribution in [1.29, 1.82) is 0 Å². The van der Waals surface area contributed by atoms with Crippen LogP contribution in [0.5, 0.6) is 0 Å². The summed E-state index contributed by atoms with van der Waals surface area (Å²) in [6.07, 6.45) is 5.89. The summed E-state index contributed by atoms with van der Waals surface area (Å²) in [6.45, 7) is 3.00. The lowest BCUT2D eigenvalue weighted by Gasteiger charge is -2.19. The van der Waals surface area contributed by atoms with Crippen LogP contribution in [-0.2, 0) is 13.5 Å². The lowest BCUT2D eigenvalue weighted by atomic mass is 10.00. The van der Waals surface area contributed by atoms with Crippen LogP contribution < -0.4 is 5.32 Å². The zero-order valence-electron chi connectivity index (χ0n) is 11.7. The molecular weight excluding hydrogens is 293 g/mol. The Morgan fingerprint density at radius 2 is 2.15 bits per heavy atom. The van der Waals surface area contributed by atoms with Crippen LogP contribution in [0.4, 0.5) is 0 Å². The predicted octanol–water partition coefficient (Wildman–Crippen LogP) is 4.01. The fraction of sp³-hybridized carbons (Fsp3) is 0.400. The van der Waals surface area contributed by atoms with E-state index in [1.54, 1.807) is 6.07 Å². The van der Waals surface area contributed by atoms with Gasteiger partial charge < -0.3 is 5.32 Å². The van der Waals surface area contributed by atoms with Crippen LogP contribution in [-0.4, -0.2) is 16.3 Å². The molecule has 5 heteroatoms. The lowest BCUT2D eigenvalue weighted by molar-refractivity contribution is 0.515. The van der Waals surface area contributed by atoms with Crippen LogP contribution in [0.25, 0.3) is 0 Å². The van der Waals surface area contributed by atoms with E-state index in [1.165, 1.54) is 5.56 Å². The van der Waals surface area contributed by atoms with Gasteiger partial charge in [0, 0.05) is 29.3 Å². The van der Waals surface area contributed by atoms with Crippen LogP contribution in [0.3, 0.4) is 0 Å². The van der Waals surface area contributed by atoms with Crippen molar-refractivity contribution in [1.82, 2.24) is 15.1 Å². The zero-order valence-corrected chi connectivity index (χ0v) is 13.2. The molecule has 0 spiro atoms. The van der Waals surface area contributed by atoms with Crippen LogP contribution in [0.2, 0.25) is 10.0 Å². The number of nitrogens with one attached hydrogen (secondary N) is 1. The van der Waals surface area contributed by atoms with Gasteiger partial charge in [0.15, 0.2) is 0 Å². The highest BCUT2D eigenvalue weighted by Gasteiger charge is 2.14. The van der Waals surface area contributed by atoms with Crippen LogP contribution >= 0.6 is 23.2 Å². The zero-order chi connectivity index (χ0) is 14.5. The molecule has 3 nitrogen and oxygen atoms in total. The molecule has 2 aromatic rings. The fourth-order valence-corrected chi connectivity index (χ4v) is 2.85. The van der Waals surface area contributed by atoms with Crippen molar-refractivity contribution >= 4 is 23.2 Å². The molecule has 1 N–H and O–H groups in total. The van der Waals surface area contributed by atoms with E-state index in [9.17, 15) is 0 Å². The molecule has 0 saturated heterocycles. The molecule has 0 aliphatic heterocycles. The number of benzene rings is 1. The molecule has 108 valence electrons. The SMILES string of the molecule is CCNC(CCc1cnn(C)c1)c1ccc(Cl)cc1Cl. The minimum Gasteiger partial charge on any atom is -0.310 e. The van der Waals surface area contributed by atoms with Gasteiger partial charge in [-0.2, -0.15) is 5.10 Å². The van der Waals surface area contributed by atoms with Gasteiger partial charge in [0.05, 0.1) is 6.20 Å². The molecule has 1 atom stereocenters. The normalized spacial score (nSPS) is 12.6. The van der Waals surface area contributed by atoms with Crippen LogP contribution in [0.15, 0.2) is 30.6 Å². The van der Waals surface area contributed by atoms with E-state index in [0.717, 1.165) is 30.0 Å². The van der Waals surface area contributed by atoms with Gasteiger partial charge in [0.2, 0.25) is 0 Å². The van der Waals surface area contributed by atoms with Crippen molar-refractivity contribution in [3.63, 3.8) is 0 Å². The quantitative estimate of drug-likeness (QED) is 0.873. The van der Waals surface area contributed by atoms with E-state index in [0.29, 0.717) is 5.02 Å². The minimum absolute atomic E-state index is 0.227. The smallest absolute Gasteiger partial charge is 0.0521 e. The summed E-state index contributed by atoms with van der Waals surface area (Å²) in [5.41, 5.74) is 2.34. The predicted molar refractivity (Wildman–Crippen MR) is 84.4 cm³/mol. The molecule has 20 heavy (non-hydrogen) atoms. The van der Waals surface area contributed by atoms with Gasteiger partial charge in [-0.25, -0.2) is 0 Å². The van der Waals surface area contributed by atoms with E-state index >= 15 is 0 Å². The maximum Gasteiger partial charge on any atom is 0.0521 e. The van der Waals surface area contributed by atoms with Crippen molar-refractivity contribution in [2.24, 2.45) is 7.05 Å². The second kappa shape index (κ2) is 7.11. The molecule has 0 fully saturated rings. The van der Waals surface area contributed by atoms with Gasteiger partial charge in [-0.3, -0.25) is 4.68 Å². The highest BCUT2D eigenvalue weighted by molar-refractivity contribution is 6.35. The standard InChI is InChI=1S/C15H19Cl2N3/c1-3-18-15(7-4-11-9-19-20(2)10-11)13-6-5-12(16)8-14(13)17/h5-6,8-10,15,18H,3-4,7H2,1-2H3. The molecular formula is C15H19Cl2N3. The molecule has 1 aromatic heterocycles. The Bertz CT molecular complexity index is 566. The summed E-state index contributed by atoms with van der Waals surface area (Å²) in [4.78, 5) is 0. The van der Waals surface area contributed by atoms with Crippen molar-refractivity contribution in [2.45, 2.75) is 25.8 Å². The maximum atomic E-state index is 6.30. The van der Waals surface area contributed by atoms with Crippen molar-refractivity contribution in [3.8, 4) is 0 Å². The molecule has 0 amide bonds.